The molecule has 0 saturated carbocycles. The van der Waals surface area contributed by atoms with Gasteiger partial charge in [0, 0.05) is 23.9 Å². The van der Waals surface area contributed by atoms with E-state index in [9.17, 15) is 14.7 Å². The zero-order chi connectivity index (χ0) is 14.0. The minimum Gasteiger partial charge on any atom is -0.481 e. The van der Waals surface area contributed by atoms with Crippen molar-refractivity contribution in [1.82, 2.24) is 0 Å². The second kappa shape index (κ2) is 5.65. The van der Waals surface area contributed by atoms with Gasteiger partial charge in [0.05, 0.1) is 0 Å². The highest BCUT2D eigenvalue weighted by Gasteiger charge is 2.36. The van der Waals surface area contributed by atoms with Gasteiger partial charge in [-0.15, -0.1) is 0 Å². The Labute approximate surface area is 116 Å². The van der Waals surface area contributed by atoms with E-state index < -0.39 is 11.9 Å². The third-order valence-corrected chi connectivity index (χ3v) is 4.40. The number of benzene rings is 1. The summed E-state index contributed by atoms with van der Waals surface area (Å²) in [6.07, 6.45) is 2.40. The topological polar surface area (TPSA) is 57.6 Å². The minimum atomic E-state index is -0.874. The molecule has 0 bridgehead atoms. The van der Waals surface area contributed by atoms with E-state index in [0.29, 0.717) is 6.42 Å². The molecule has 1 aromatic rings. The first-order valence-electron chi connectivity index (χ1n) is 6.19. The molecular weight excluding hydrogens is 262 g/mol. The van der Waals surface area contributed by atoms with Crippen LogP contribution in [0.5, 0.6) is 0 Å². The van der Waals surface area contributed by atoms with Crippen LogP contribution in [-0.4, -0.2) is 35.0 Å². The molecule has 1 aromatic carbocycles. The molecule has 0 spiro atoms. The Morgan fingerprint density at radius 3 is 2.79 bits per heavy atom. The molecule has 0 fully saturated rings. The molecule has 1 heterocycles. The molecule has 1 aliphatic rings. The summed E-state index contributed by atoms with van der Waals surface area (Å²) in [6, 6.07) is 7.26. The number of carbonyl (C=O) groups excluding carboxylic acids is 1. The number of amides is 1. The molecule has 2 unspecified atom stereocenters. The fourth-order valence-corrected chi connectivity index (χ4v) is 2.60. The van der Waals surface area contributed by atoms with Crippen LogP contribution in [0.4, 0.5) is 5.69 Å². The Hall–Kier alpha value is -1.49. The summed E-state index contributed by atoms with van der Waals surface area (Å²) in [6.45, 7) is 2.24. The van der Waals surface area contributed by atoms with Gasteiger partial charge >= 0.3 is 5.97 Å². The molecule has 5 heteroatoms. The van der Waals surface area contributed by atoms with Crippen molar-refractivity contribution in [2.45, 2.75) is 24.5 Å². The van der Waals surface area contributed by atoms with E-state index in [0.717, 1.165) is 11.3 Å². The highest BCUT2D eigenvalue weighted by molar-refractivity contribution is 7.99. The molecule has 0 saturated heterocycles. The van der Waals surface area contributed by atoms with E-state index in [1.807, 2.05) is 31.4 Å². The van der Waals surface area contributed by atoms with Gasteiger partial charge in [-0.05, 0) is 17.9 Å². The molecule has 0 radical (unpaired) electrons. The lowest BCUT2D eigenvalue weighted by Crippen LogP contribution is -2.32. The molecule has 0 aromatic heterocycles. The molecule has 1 aliphatic heterocycles. The van der Waals surface area contributed by atoms with Crippen LogP contribution in [-0.2, 0) is 9.59 Å². The molecule has 2 atom stereocenters. The summed E-state index contributed by atoms with van der Waals surface area (Å²) >= 11 is 1.64. The largest absolute Gasteiger partial charge is 0.481 e. The van der Waals surface area contributed by atoms with E-state index in [2.05, 4.69) is 0 Å². The molecule has 1 N–H and O–H groups in total. The standard InChI is InChI=1S/C14H17NO3S/c1-9(19-2)7-13(16)15-8-11(14(17)18)10-5-3-4-6-12(10)15/h3-6,9,11H,7-8H2,1-2H3,(H,17,18). The van der Waals surface area contributed by atoms with Crippen LogP contribution in [0.1, 0.15) is 24.8 Å². The molecule has 19 heavy (non-hydrogen) atoms. The molecule has 2 rings (SSSR count). The summed E-state index contributed by atoms with van der Waals surface area (Å²) in [7, 11) is 0. The van der Waals surface area contributed by atoms with Crippen LogP contribution in [0.3, 0.4) is 0 Å². The number of para-hydroxylation sites is 1. The predicted octanol–water partition coefficient (Wildman–Crippen LogP) is 2.34. The smallest absolute Gasteiger partial charge is 0.312 e. The van der Waals surface area contributed by atoms with E-state index in [4.69, 9.17) is 0 Å². The van der Waals surface area contributed by atoms with E-state index >= 15 is 0 Å². The highest BCUT2D eigenvalue weighted by atomic mass is 32.2. The van der Waals surface area contributed by atoms with Crippen molar-refractivity contribution in [2.24, 2.45) is 0 Å². The van der Waals surface area contributed by atoms with Crippen molar-refractivity contribution >= 4 is 29.3 Å². The maximum Gasteiger partial charge on any atom is 0.312 e. The van der Waals surface area contributed by atoms with E-state index in [1.165, 1.54) is 0 Å². The number of carboxylic acids is 1. The van der Waals surface area contributed by atoms with Crippen molar-refractivity contribution < 1.29 is 14.7 Å². The average molecular weight is 279 g/mol. The zero-order valence-electron chi connectivity index (χ0n) is 11.0. The Morgan fingerprint density at radius 1 is 1.47 bits per heavy atom. The van der Waals surface area contributed by atoms with Gasteiger partial charge in [0.2, 0.25) is 5.91 Å². The van der Waals surface area contributed by atoms with Gasteiger partial charge in [0.1, 0.15) is 5.92 Å². The fourth-order valence-electron chi connectivity index (χ4n) is 2.29. The summed E-state index contributed by atoms with van der Waals surface area (Å²) in [5, 5.41) is 9.48. The van der Waals surface area contributed by atoms with Crippen molar-refractivity contribution in [3.63, 3.8) is 0 Å². The Morgan fingerprint density at radius 2 is 2.16 bits per heavy atom. The SMILES string of the molecule is CSC(C)CC(=O)N1CC(C(=O)O)c2ccccc21. The number of carboxylic acid groups (broad SMARTS) is 1. The van der Waals surface area contributed by atoms with Crippen molar-refractivity contribution in [3.05, 3.63) is 29.8 Å². The Kier molecular flexibility index (Phi) is 4.14. The van der Waals surface area contributed by atoms with Gasteiger partial charge in [-0.25, -0.2) is 0 Å². The van der Waals surface area contributed by atoms with Gasteiger partial charge in [0.25, 0.3) is 0 Å². The van der Waals surface area contributed by atoms with Crippen molar-refractivity contribution in [1.29, 1.82) is 0 Å². The van der Waals surface area contributed by atoms with Gasteiger partial charge in [-0.2, -0.15) is 11.8 Å². The van der Waals surface area contributed by atoms with Gasteiger partial charge in [-0.3, -0.25) is 9.59 Å². The van der Waals surface area contributed by atoms with E-state index in [1.54, 1.807) is 22.7 Å². The molecular formula is C14H17NO3S. The van der Waals surface area contributed by atoms with Gasteiger partial charge < -0.3 is 10.0 Å². The maximum atomic E-state index is 12.3. The molecule has 1 amide bonds. The number of thioether (sulfide) groups is 1. The first kappa shape index (κ1) is 13.9. The lowest BCUT2D eigenvalue weighted by atomic mass is 10.0. The number of hydrogen-bond donors (Lipinski definition) is 1. The average Bonchev–Trinajstić information content (AvgIpc) is 2.78. The van der Waals surface area contributed by atoms with Crippen LogP contribution >= 0.6 is 11.8 Å². The summed E-state index contributed by atoms with van der Waals surface area (Å²) < 4.78 is 0. The summed E-state index contributed by atoms with van der Waals surface area (Å²) in [5.74, 6) is -1.48. The number of hydrogen-bond acceptors (Lipinski definition) is 3. The first-order valence-corrected chi connectivity index (χ1v) is 7.48. The fraction of sp³-hybridized carbons (Fsp3) is 0.429. The third-order valence-electron chi connectivity index (χ3n) is 3.43. The predicted molar refractivity (Wildman–Crippen MR) is 76.8 cm³/mol. The Bertz CT molecular complexity index is 503. The monoisotopic (exact) mass is 279 g/mol. The highest BCUT2D eigenvalue weighted by Crippen LogP contribution is 2.36. The summed E-state index contributed by atoms with van der Waals surface area (Å²) in [4.78, 5) is 25.1. The van der Waals surface area contributed by atoms with Crippen LogP contribution < -0.4 is 4.90 Å². The van der Waals surface area contributed by atoms with Crippen molar-refractivity contribution in [2.75, 3.05) is 17.7 Å². The van der Waals surface area contributed by atoms with Crippen LogP contribution in [0.2, 0.25) is 0 Å². The Balaban J connectivity index is 2.25. The second-order valence-corrected chi connectivity index (χ2v) is 5.98. The second-order valence-electron chi connectivity index (χ2n) is 4.70. The van der Waals surface area contributed by atoms with Crippen LogP contribution in [0, 0.1) is 0 Å². The van der Waals surface area contributed by atoms with Gasteiger partial charge in [0.15, 0.2) is 0 Å². The quantitative estimate of drug-likeness (QED) is 0.919. The molecule has 4 nitrogen and oxygen atoms in total. The number of rotatable bonds is 4. The minimum absolute atomic E-state index is 0.00181. The molecule has 0 aliphatic carbocycles. The van der Waals surface area contributed by atoms with Crippen molar-refractivity contribution in [3.8, 4) is 0 Å². The van der Waals surface area contributed by atoms with Crippen LogP contribution in [0.15, 0.2) is 24.3 Å². The number of anilines is 1. The van der Waals surface area contributed by atoms with E-state index in [-0.39, 0.29) is 17.7 Å². The zero-order valence-corrected chi connectivity index (χ0v) is 11.8. The number of carbonyl (C=O) groups is 2. The third kappa shape index (κ3) is 2.76. The maximum absolute atomic E-state index is 12.3. The summed E-state index contributed by atoms with van der Waals surface area (Å²) in [5.41, 5.74) is 1.48. The number of nitrogens with zero attached hydrogens (tertiary/aromatic N) is 1. The lowest BCUT2D eigenvalue weighted by molar-refractivity contribution is -0.138. The van der Waals surface area contributed by atoms with Crippen LogP contribution in [0.25, 0.3) is 0 Å². The number of aliphatic carboxylic acids is 1. The van der Waals surface area contributed by atoms with Gasteiger partial charge in [-0.1, -0.05) is 25.1 Å². The molecule has 102 valence electrons. The normalized spacial score (nSPS) is 19.1. The lowest BCUT2D eigenvalue weighted by Gasteiger charge is -2.19. The number of fused-ring (bicyclic) bond motifs is 1. The first-order chi connectivity index (χ1) is 9.04.